The minimum Gasteiger partial charge on any atom is -0.439 e. The summed E-state index contributed by atoms with van der Waals surface area (Å²) in [5.74, 6) is -0.0540. The number of rotatable bonds is 5. The zero-order valence-corrected chi connectivity index (χ0v) is 23.5. The van der Waals surface area contributed by atoms with Crippen molar-refractivity contribution in [1.29, 1.82) is 0 Å². The molecule has 1 aliphatic rings. The van der Waals surface area contributed by atoms with Gasteiger partial charge in [-0.15, -0.1) is 0 Å². The van der Waals surface area contributed by atoms with E-state index in [1.807, 2.05) is 57.1 Å². The van der Waals surface area contributed by atoms with Gasteiger partial charge in [0.2, 0.25) is 11.8 Å². The van der Waals surface area contributed by atoms with Crippen molar-refractivity contribution in [2.24, 2.45) is 0 Å². The van der Waals surface area contributed by atoms with Gasteiger partial charge in [0.25, 0.3) is 15.9 Å². The molecule has 0 saturated carbocycles. The van der Waals surface area contributed by atoms with E-state index < -0.39 is 15.9 Å². The van der Waals surface area contributed by atoms with E-state index in [0.717, 1.165) is 16.7 Å². The predicted molar refractivity (Wildman–Crippen MR) is 156 cm³/mol. The molecule has 0 spiro atoms. The van der Waals surface area contributed by atoms with Crippen molar-refractivity contribution in [3.8, 4) is 22.9 Å². The second-order valence-electron chi connectivity index (χ2n) is 9.58. The van der Waals surface area contributed by atoms with Crippen molar-refractivity contribution in [3.05, 3.63) is 83.4 Å². The zero-order chi connectivity index (χ0) is 28.4. The summed E-state index contributed by atoms with van der Waals surface area (Å²) >= 11 is 0. The average Bonchev–Trinajstić information content (AvgIpc) is 2.91. The Balaban J connectivity index is 1.70. The smallest absolute Gasteiger partial charge is 0.264 e. The first-order valence-electron chi connectivity index (χ1n) is 12.7. The molecule has 4 aromatic rings. The van der Waals surface area contributed by atoms with Gasteiger partial charge in [-0.25, -0.2) is 18.1 Å². The summed E-state index contributed by atoms with van der Waals surface area (Å²) in [5, 5.41) is 5.93. The van der Waals surface area contributed by atoms with Crippen LogP contribution in [0.4, 0.5) is 17.3 Å². The Morgan fingerprint density at radius 1 is 0.975 bits per heavy atom. The lowest BCUT2D eigenvalue weighted by molar-refractivity contribution is 0.102. The molecule has 206 valence electrons. The van der Waals surface area contributed by atoms with Gasteiger partial charge in [-0.1, -0.05) is 24.3 Å². The topological polar surface area (TPSA) is 126 Å². The summed E-state index contributed by atoms with van der Waals surface area (Å²) in [6.45, 7) is 5.29. The maximum atomic E-state index is 13.5. The minimum atomic E-state index is -4.10. The first-order chi connectivity index (χ1) is 19.1. The number of nitrogens with zero attached hydrogens (tertiary/aromatic N) is 3. The molecule has 6 bridgehead atoms. The van der Waals surface area contributed by atoms with Crippen molar-refractivity contribution < 1.29 is 17.9 Å². The molecular formula is C29H30N6O4S. The lowest BCUT2D eigenvalue weighted by atomic mass is 10.00. The SMILES string of the molecule is CNCCN(C)c1ccc2cc1C(=O)Nc1cccc(c1)S(=O)(=O)Nc1nc(cc(-c3c(C)cccc3C)n1)O2. The molecule has 1 amide bonds. The van der Waals surface area contributed by atoms with E-state index >= 15 is 0 Å². The van der Waals surface area contributed by atoms with Gasteiger partial charge in [0, 0.05) is 43.1 Å². The molecule has 1 aromatic heterocycles. The second-order valence-corrected chi connectivity index (χ2v) is 11.3. The van der Waals surface area contributed by atoms with Crippen LogP contribution in [0.25, 0.3) is 11.3 Å². The van der Waals surface area contributed by atoms with E-state index in [9.17, 15) is 13.2 Å². The molecule has 2 heterocycles. The number of carbonyl (C=O) groups excluding carboxylic acids is 1. The lowest BCUT2D eigenvalue weighted by Gasteiger charge is -2.23. The van der Waals surface area contributed by atoms with Crippen molar-refractivity contribution in [3.63, 3.8) is 0 Å². The number of aryl methyl sites for hydroxylation is 2. The number of aromatic nitrogens is 2. The van der Waals surface area contributed by atoms with Crippen molar-refractivity contribution in [1.82, 2.24) is 15.3 Å². The van der Waals surface area contributed by atoms with Crippen molar-refractivity contribution in [2.75, 3.05) is 42.1 Å². The van der Waals surface area contributed by atoms with Gasteiger partial charge in [0.05, 0.1) is 16.2 Å². The number of nitrogens with one attached hydrogen (secondary N) is 3. The fourth-order valence-electron chi connectivity index (χ4n) is 4.60. The Labute approximate surface area is 233 Å². The molecule has 0 unspecified atom stereocenters. The zero-order valence-electron chi connectivity index (χ0n) is 22.6. The first kappa shape index (κ1) is 27.1. The fourth-order valence-corrected chi connectivity index (χ4v) is 5.59. The van der Waals surface area contributed by atoms with E-state index in [4.69, 9.17) is 4.74 Å². The van der Waals surface area contributed by atoms with Crippen LogP contribution in [0.1, 0.15) is 21.5 Å². The van der Waals surface area contributed by atoms with Gasteiger partial charge in [0.15, 0.2) is 0 Å². The van der Waals surface area contributed by atoms with E-state index in [1.165, 1.54) is 12.1 Å². The van der Waals surface area contributed by atoms with Crippen LogP contribution in [-0.2, 0) is 10.0 Å². The highest BCUT2D eigenvalue weighted by molar-refractivity contribution is 7.92. The highest BCUT2D eigenvalue weighted by Gasteiger charge is 2.22. The minimum absolute atomic E-state index is 0.0500. The fraction of sp³-hybridized carbons (Fsp3) is 0.207. The molecule has 5 rings (SSSR count). The number of sulfonamides is 1. The summed E-state index contributed by atoms with van der Waals surface area (Å²) in [6.07, 6.45) is 0. The molecule has 0 aliphatic carbocycles. The number of likely N-dealkylation sites (N-methyl/N-ethyl adjacent to an activating group) is 2. The molecule has 0 fully saturated rings. The van der Waals surface area contributed by atoms with Gasteiger partial charge >= 0.3 is 0 Å². The van der Waals surface area contributed by atoms with E-state index in [2.05, 4.69) is 25.3 Å². The average molecular weight is 559 g/mol. The quantitative estimate of drug-likeness (QED) is 0.325. The molecule has 1 aliphatic heterocycles. The Morgan fingerprint density at radius 2 is 1.73 bits per heavy atom. The van der Waals surface area contributed by atoms with Crippen LogP contribution in [0, 0.1) is 13.8 Å². The number of benzene rings is 3. The van der Waals surface area contributed by atoms with Crippen LogP contribution in [0.2, 0.25) is 0 Å². The van der Waals surface area contributed by atoms with Crippen LogP contribution in [-0.4, -0.2) is 51.5 Å². The van der Waals surface area contributed by atoms with Gasteiger partial charge in [-0.2, -0.15) is 4.98 Å². The number of ether oxygens (including phenoxy) is 1. The Kier molecular flexibility index (Phi) is 7.42. The van der Waals surface area contributed by atoms with Crippen molar-refractivity contribution in [2.45, 2.75) is 18.7 Å². The molecule has 10 nitrogen and oxygen atoms in total. The van der Waals surface area contributed by atoms with Crippen LogP contribution < -0.4 is 25.0 Å². The molecule has 0 radical (unpaired) electrons. The standard InChI is InChI=1S/C29H30N6O4S/c1-18-7-5-8-19(2)27(18)24-17-26-33-29(32-24)34-40(37,38)22-10-6-9-20(15-22)31-28(36)23-16-21(39-26)11-12-25(23)35(4)14-13-30-3/h5-12,15-17,30H,13-14H2,1-4H3,(H,31,36)(H,32,33,34). The molecule has 3 aromatic carbocycles. The third-order valence-electron chi connectivity index (χ3n) is 6.61. The highest BCUT2D eigenvalue weighted by atomic mass is 32.2. The molecule has 40 heavy (non-hydrogen) atoms. The number of fused-ring (bicyclic) bond motifs is 6. The monoisotopic (exact) mass is 558 g/mol. The molecule has 11 heteroatoms. The normalized spacial score (nSPS) is 13.8. The highest BCUT2D eigenvalue weighted by Crippen LogP contribution is 2.33. The van der Waals surface area contributed by atoms with Crippen LogP contribution in [0.3, 0.4) is 0 Å². The van der Waals surface area contributed by atoms with Crippen LogP contribution in [0.15, 0.2) is 71.6 Å². The number of anilines is 3. The van der Waals surface area contributed by atoms with Crippen LogP contribution in [0.5, 0.6) is 11.6 Å². The summed E-state index contributed by atoms with van der Waals surface area (Å²) in [7, 11) is -0.336. The summed E-state index contributed by atoms with van der Waals surface area (Å²) < 4.78 is 35.3. The first-order valence-corrected chi connectivity index (χ1v) is 14.2. The summed E-state index contributed by atoms with van der Waals surface area (Å²) in [5.41, 5.74) is 4.66. The van der Waals surface area contributed by atoms with Gasteiger partial charge in [0.1, 0.15) is 5.75 Å². The number of carbonyl (C=O) groups is 1. The maximum Gasteiger partial charge on any atom is 0.264 e. The number of hydrogen-bond acceptors (Lipinski definition) is 8. The molecule has 3 N–H and O–H groups in total. The number of hydrogen-bond donors (Lipinski definition) is 3. The van der Waals surface area contributed by atoms with Gasteiger partial charge in [-0.05, 0) is 68.4 Å². The molecule has 0 saturated heterocycles. The lowest BCUT2D eigenvalue weighted by Crippen LogP contribution is -2.29. The van der Waals surface area contributed by atoms with E-state index in [0.29, 0.717) is 41.5 Å². The van der Waals surface area contributed by atoms with Crippen LogP contribution >= 0.6 is 0 Å². The maximum absolute atomic E-state index is 13.5. The van der Waals surface area contributed by atoms with E-state index in [-0.39, 0.29) is 16.7 Å². The van der Waals surface area contributed by atoms with Gasteiger partial charge in [-0.3, -0.25) is 4.79 Å². The second kappa shape index (κ2) is 10.9. The Hall–Kier alpha value is -4.48. The molecule has 0 atom stereocenters. The third kappa shape index (κ3) is 5.61. The predicted octanol–water partition coefficient (Wildman–Crippen LogP) is 4.57. The van der Waals surface area contributed by atoms with Crippen molar-refractivity contribution >= 4 is 33.3 Å². The third-order valence-corrected chi connectivity index (χ3v) is 7.94. The number of amides is 1. The Bertz CT molecular complexity index is 1690. The van der Waals surface area contributed by atoms with E-state index in [1.54, 1.807) is 30.3 Å². The Morgan fingerprint density at radius 3 is 2.48 bits per heavy atom. The largest absolute Gasteiger partial charge is 0.439 e. The summed E-state index contributed by atoms with van der Waals surface area (Å²) in [6, 6.07) is 18.8. The molecular weight excluding hydrogens is 528 g/mol. The summed E-state index contributed by atoms with van der Waals surface area (Å²) in [4.78, 5) is 24.3. The van der Waals surface area contributed by atoms with Gasteiger partial charge < -0.3 is 20.3 Å².